The average molecular weight is 757 g/mol. The second-order valence-corrected chi connectivity index (χ2v) is 17.4. The minimum atomic E-state index is -4.57. The summed E-state index contributed by atoms with van der Waals surface area (Å²) in [5.41, 5.74) is 0. The zero-order chi connectivity index (χ0) is 38.6. The Labute approximate surface area is 322 Å². The minimum absolute atomic E-state index is 0.00664. The molecule has 0 heterocycles. The molecule has 0 spiro atoms. The SMILES string of the molecule is CCCCCCCC/C=C/CCCCCCCCCC(=O)N[C@@H](COP(=O)([O-])OCC[N+](C)(C)C)[C@H](O)CCCC/C=C/CCCCCCCCC. The summed E-state index contributed by atoms with van der Waals surface area (Å²) in [4.78, 5) is 25.3. The van der Waals surface area contributed by atoms with Crippen molar-refractivity contribution >= 4 is 13.7 Å². The van der Waals surface area contributed by atoms with E-state index >= 15 is 0 Å². The van der Waals surface area contributed by atoms with Crippen molar-refractivity contribution in [2.24, 2.45) is 0 Å². The second-order valence-electron chi connectivity index (χ2n) is 16.0. The number of unbranched alkanes of at least 4 members (excludes halogenated alkanes) is 22. The highest BCUT2D eigenvalue weighted by Gasteiger charge is 2.24. The fourth-order valence-corrected chi connectivity index (χ4v) is 6.87. The Morgan fingerprint density at radius 2 is 1.06 bits per heavy atom. The largest absolute Gasteiger partial charge is 0.756 e. The molecule has 0 aromatic carbocycles. The van der Waals surface area contributed by atoms with Gasteiger partial charge < -0.3 is 28.8 Å². The molecule has 1 amide bonds. The van der Waals surface area contributed by atoms with Crippen molar-refractivity contribution in [1.82, 2.24) is 5.32 Å². The molecule has 52 heavy (non-hydrogen) atoms. The maximum Gasteiger partial charge on any atom is 0.268 e. The van der Waals surface area contributed by atoms with Crippen molar-refractivity contribution in [3.63, 3.8) is 0 Å². The maximum atomic E-state index is 12.8. The van der Waals surface area contributed by atoms with Crippen LogP contribution in [0, 0.1) is 0 Å². The zero-order valence-corrected chi connectivity index (χ0v) is 35.7. The molecule has 0 saturated heterocycles. The molecule has 0 rings (SSSR count). The molecule has 0 fully saturated rings. The van der Waals surface area contributed by atoms with Crippen molar-refractivity contribution in [3.05, 3.63) is 24.3 Å². The number of likely N-dealkylation sites (N-methyl/N-ethyl adjacent to an activating group) is 1. The number of aliphatic hydroxyl groups is 1. The van der Waals surface area contributed by atoms with E-state index in [1.54, 1.807) is 0 Å². The standard InChI is InChI=1S/C43H85N2O6P/c1-6-8-10-12-14-16-18-20-21-22-23-25-27-29-31-33-35-37-43(47)44-41(40-51-52(48,49)50-39-38-45(3,4)5)42(46)36-34-32-30-28-26-24-19-17-15-13-11-9-7-2/h20-21,26,28,41-42,46H,6-19,22-25,27,29-40H2,1-5H3,(H-,44,47,48,49)/b21-20+,28-26+/t41-,42+/m0/s1. The van der Waals surface area contributed by atoms with Crippen LogP contribution in [0.4, 0.5) is 0 Å². The third kappa shape index (κ3) is 37.3. The van der Waals surface area contributed by atoms with Crippen LogP contribution >= 0.6 is 7.82 Å². The highest BCUT2D eigenvalue weighted by atomic mass is 31.2. The number of hydrogen-bond donors (Lipinski definition) is 2. The summed E-state index contributed by atoms with van der Waals surface area (Å²) in [6.07, 6.45) is 40.3. The van der Waals surface area contributed by atoms with Gasteiger partial charge in [0.1, 0.15) is 13.2 Å². The van der Waals surface area contributed by atoms with Gasteiger partial charge in [-0.3, -0.25) is 9.36 Å². The van der Waals surface area contributed by atoms with Crippen LogP contribution < -0.4 is 10.2 Å². The fraction of sp³-hybridized carbons (Fsp3) is 0.884. The van der Waals surface area contributed by atoms with Gasteiger partial charge >= 0.3 is 0 Å². The van der Waals surface area contributed by atoms with Crippen LogP contribution in [0.3, 0.4) is 0 Å². The highest BCUT2D eigenvalue weighted by Crippen LogP contribution is 2.38. The average Bonchev–Trinajstić information content (AvgIpc) is 3.09. The first-order valence-electron chi connectivity index (χ1n) is 21.7. The molecule has 1 unspecified atom stereocenters. The summed E-state index contributed by atoms with van der Waals surface area (Å²) in [5, 5.41) is 13.9. The monoisotopic (exact) mass is 757 g/mol. The molecule has 8 nitrogen and oxygen atoms in total. The number of carbonyl (C=O) groups is 1. The molecule has 0 radical (unpaired) electrons. The normalized spacial score (nSPS) is 14.7. The van der Waals surface area contributed by atoms with E-state index in [0.717, 1.165) is 44.9 Å². The van der Waals surface area contributed by atoms with Crippen molar-refractivity contribution in [3.8, 4) is 0 Å². The highest BCUT2D eigenvalue weighted by molar-refractivity contribution is 7.45. The summed E-state index contributed by atoms with van der Waals surface area (Å²) < 4.78 is 23.2. The van der Waals surface area contributed by atoms with Gasteiger partial charge in [0.2, 0.25) is 5.91 Å². The van der Waals surface area contributed by atoms with E-state index in [-0.39, 0.29) is 19.1 Å². The quantitative estimate of drug-likeness (QED) is 0.0280. The van der Waals surface area contributed by atoms with Gasteiger partial charge in [-0.15, -0.1) is 0 Å². The number of hydrogen-bond acceptors (Lipinski definition) is 6. The van der Waals surface area contributed by atoms with Crippen molar-refractivity contribution in [2.75, 3.05) is 40.9 Å². The number of quaternary nitrogens is 1. The molecule has 3 atom stereocenters. The van der Waals surface area contributed by atoms with Crippen LogP contribution in [0.15, 0.2) is 24.3 Å². The first-order valence-corrected chi connectivity index (χ1v) is 23.1. The molecular formula is C43H85N2O6P. The second kappa shape index (κ2) is 35.7. The van der Waals surface area contributed by atoms with Crippen molar-refractivity contribution in [2.45, 2.75) is 206 Å². The molecule has 0 bridgehead atoms. The number of aliphatic hydroxyl groups excluding tert-OH is 1. The third-order valence-corrected chi connectivity index (χ3v) is 10.6. The van der Waals surface area contributed by atoms with Crippen LogP contribution in [-0.4, -0.2) is 68.5 Å². The summed E-state index contributed by atoms with van der Waals surface area (Å²) >= 11 is 0. The number of phosphoric ester groups is 1. The van der Waals surface area contributed by atoms with Gasteiger partial charge in [-0.2, -0.15) is 0 Å². The van der Waals surface area contributed by atoms with Crippen LogP contribution in [0.5, 0.6) is 0 Å². The molecule has 9 heteroatoms. The minimum Gasteiger partial charge on any atom is -0.756 e. The Balaban J connectivity index is 4.41. The lowest BCUT2D eigenvalue weighted by molar-refractivity contribution is -0.870. The molecule has 0 aliphatic carbocycles. The lowest BCUT2D eigenvalue weighted by atomic mass is 10.0. The van der Waals surface area contributed by atoms with E-state index in [1.165, 1.54) is 122 Å². The first-order chi connectivity index (χ1) is 25.0. The number of amides is 1. The molecule has 0 aromatic rings. The van der Waals surface area contributed by atoms with E-state index in [2.05, 4.69) is 43.5 Å². The van der Waals surface area contributed by atoms with E-state index in [0.29, 0.717) is 23.9 Å². The summed E-state index contributed by atoms with van der Waals surface area (Å²) in [7, 11) is 1.28. The number of allylic oxidation sites excluding steroid dienone is 4. The lowest BCUT2D eigenvalue weighted by Crippen LogP contribution is -2.46. The Morgan fingerprint density at radius 1 is 0.654 bits per heavy atom. The van der Waals surface area contributed by atoms with Crippen LogP contribution in [0.25, 0.3) is 0 Å². The van der Waals surface area contributed by atoms with Crippen molar-refractivity contribution in [1.29, 1.82) is 0 Å². The predicted octanol–water partition coefficient (Wildman–Crippen LogP) is 11.1. The molecule has 0 aliphatic heterocycles. The van der Waals surface area contributed by atoms with E-state index < -0.39 is 20.0 Å². The molecule has 0 aliphatic rings. The number of phosphoric acid groups is 1. The van der Waals surface area contributed by atoms with Crippen LogP contribution in [0.2, 0.25) is 0 Å². The first kappa shape index (κ1) is 51.0. The van der Waals surface area contributed by atoms with Gasteiger partial charge in [0.25, 0.3) is 7.82 Å². The maximum absolute atomic E-state index is 12.8. The Hall–Kier alpha value is -1.02. The Bertz CT molecular complexity index is 907. The number of nitrogens with one attached hydrogen (secondary N) is 1. The van der Waals surface area contributed by atoms with Gasteiger partial charge in [-0.05, 0) is 64.2 Å². The molecule has 2 N–H and O–H groups in total. The predicted molar refractivity (Wildman–Crippen MR) is 219 cm³/mol. The zero-order valence-electron chi connectivity index (χ0n) is 34.8. The number of rotatable bonds is 39. The van der Waals surface area contributed by atoms with Gasteiger partial charge in [0.05, 0.1) is 39.9 Å². The topological polar surface area (TPSA) is 108 Å². The molecule has 0 aromatic heterocycles. The fourth-order valence-electron chi connectivity index (χ4n) is 6.14. The summed E-state index contributed by atoms with van der Waals surface area (Å²) in [5.74, 6) is -0.180. The Morgan fingerprint density at radius 3 is 1.50 bits per heavy atom. The molecule has 308 valence electrons. The van der Waals surface area contributed by atoms with Crippen molar-refractivity contribution < 1.29 is 32.9 Å². The number of nitrogens with zero attached hydrogens (tertiary/aromatic N) is 1. The van der Waals surface area contributed by atoms with E-state index in [9.17, 15) is 19.4 Å². The van der Waals surface area contributed by atoms with Gasteiger partial charge in [0.15, 0.2) is 0 Å². The number of carbonyl (C=O) groups excluding carboxylic acids is 1. The van der Waals surface area contributed by atoms with Crippen LogP contribution in [0.1, 0.15) is 194 Å². The van der Waals surface area contributed by atoms with E-state index in [1.807, 2.05) is 21.1 Å². The summed E-state index contributed by atoms with van der Waals surface area (Å²) in [6, 6.07) is -0.815. The van der Waals surface area contributed by atoms with E-state index in [4.69, 9.17) is 9.05 Å². The third-order valence-electron chi connectivity index (χ3n) is 9.66. The lowest BCUT2D eigenvalue weighted by Gasteiger charge is -2.30. The molecule has 0 saturated carbocycles. The van der Waals surface area contributed by atoms with Gasteiger partial charge in [0, 0.05) is 6.42 Å². The molecular weight excluding hydrogens is 671 g/mol. The van der Waals surface area contributed by atoms with Gasteiger partial charge in [-0.1, -0.05) is 147 Å². The summed E-state index contributed by atoms with van der Waals surface area (Å²) in [6.45, 7) is 4.68. The smallest absolute Gasteiger partial charge is 0.268 e. The Kier molecular flexibility index (Phi) is 35.0. The van der Waals surface area contributed by atoms with Gasteiger partial charge in [-0.25, -0.2) is 0 Å². The van der Waals surface area contributed by atoms with Crippen LogP contribution in [-0.2, 0) is 18.4 Å².